The van der Waals surface area contributed by atoms with Crippen LogP contribution in [0.1, 0.15) is 26.7 Å². The Balaban J connectivity index is 2.03. The van der Waals surface area contributed by atoms with Gasteiger partial charge in [-0.25, -0.2) is 0 Å². The molecule has 2 heteroatoms. The van der Waals surface area contributed by atoms with Crippen LogP contribution in [0.5, 0.6) is 0 Å². The van der Waals surface area contributed by atoms with Crippen LogP contribution in [0, 0.1) is 0 Å². The molecule has 0 bridgehead atoms. The zero-order valence-electron chi connectivity index (χ0n) is 6.05. The molecule has 0 saturated carbocycles. The maximum absolute atomic E-state index is 9.24. The molecule has 1 saturated heterocycles. The monoisotopic (exact) mass is 130 g/mol. The number of aliphatic hydroxyl groups is 1. The lowest BCUT2D eigenvalue weighted by molar-refractivity contribution is 0.0663. The molecule has 2 nitrogen and oxygen atoms in total. The highest BCUT2D eigenvalue weighted by Gasteiger charge is 2.25. The summed E-state index contributed by atoms with van der Waals surface area (Å²) >= 11 is 0. The third kappa shape index (κ3) is 3.49. The van der Waals surface area contributed by atoms with E-state index in [1.807, 2.05) is 13.8 Å². The molecule has 1 unspecified atom stereocenters. The van der Waals surface area contributed by atoms with Gasteiger partial charge in [0.15, 0.2) is 0 Å². The van der Waals surface area contributed by atoms with Crippen LogP contribution < -0.4 is 0 Å². The van der Waals surface area contributed by atoms with Crippen LogP contribution in [-0.2, 0) is 4.74 Å². The van der Waals surface area contributed by atoms with Crippen molar-refractivity contribution in [3.63, 3.8) is 0 Å². The number of ether oxygens (including phenoxy) is 1. The number of hydrogen-bond donors (Lipinski definition) is 1. The summed E-state index contributed by atoms with van der Waals surface area (Å²) in [6, 6.07) is 0. The zero-order valence-corrected chi connectivity index (χ0v) is 6.05. The van der Waals surface area contributed by atoms with Crippen molar-refractivity contribution >= 4 is 0 Å². The van der Waals surface area contributed by atoms with Crippen LogP contribution in [0.4, 0.5) is 0 Å². The van der Waals surface area contributed by atoms with Crippen LogP contribution in [0.2, 0.25) is 0 Å². The largest absolute Gasteiger partial charge is 0.390 e. The van der Waals surface area contributed by atoms with Gasteiger partial charge >= 0.3 is 0 Å². The van der Waals surface area contributed by atoms with Gasteiger partial charge in [-0.2, -0.15) is 0 Å². The Morgan fingerprint density at radius 3 is 2.56 bits per heavy atom. The summed E-state index contributed by atoms with van der Waals surface area (Å²) in [6.07, 6.45) is 2.30. The molecule has 1 atom stereocenters. The fraction of sp³-hybridized carbons (Fsp3) is 1.00. The third-order valence-corrected chi connectivity index (χ3v) is 1.48. The molecule has 0 aromatic carbocycles. The maximum atomic E-state index is 9.24. The SMILES string of the molecule is CC(C)(O)CCC1CO1. The molecule has 0 spiro atoms. The first-order chi connectivity index (χ1) is 4.08. The first kappa shape index (κ1) is 7.03. The summed E-state index contributed by atoms with van der Waals surface area (Å²) in [4.78, 5) is 0. The molecule has 0 aliphatic carbocycles. The molecule has 0 radical (unpaired) electrons. The van der Waals surface area contributed by atoms with E-state index in [1.54, 1.807) is 0 Å². The van der Waals surface area contributed by atoms with Crippen LogP contribution >= 0.6 is 0 Å². The van der Waals surface area contributed by atoms with Gasteiger partial charge in [-0.15, -0.1) is 0 Å². The minimum Gasteiger partial charge on any atom is -0.390 e. The molecular formula is C7H14O2. The van der Waals surface area contributed by atoms with E-state index in [0.717, 1.165) is 19.4 Å². The van der Waals surface area contributed by atoms with Crippen LogP contribution in [0.25, 0.3) is 0 Å². The lowest BCUT2D eigenvalue weighted by atomic mass is 10.0. The highest BCUT2D eigenvalue weighted by atomic mass is 16.6. The van der Waals surface area contributed by atoms with Gasteiger partial charge in [-0.1, -0.05) is 0 Å². The molecule has 1 aliphatic heterocycles. The van der Waals surface area contributed by atoms with Crippen molar-refractivity contribution in [2.24, 2.45) is 0 Å². The minimum absolute atomic E-state index is 0.455. The molecule has 1 aliphatic rings. The predicted molar refractivity (Wildman–Crippen MR) is 35.3 cm³/mol. The van der Waals surface area contributed by atoms with Crippen LogP contribution in [-0.4, -0.2) is 23.4 Å². The fourth-order valence-corrected chi connectivity index (χ4v) is 0.749. The van der Waals surface area contributed by atoms with Gasteiger partial charge in [0.1, 0.15) is 0 Å². The van der Waals surface area contributed by atoms with Crippen molar-refractivity contribution in [2.45, 2.75) is 38.4 Å². The first-order valence-electron chi connectivity index (χ1n) is 3.42. The second-order valence-corrected chi connectivity index (χ2v) is 3.31. The van der Waals surface area contributed by atoms with Gasteiger partial charge in [0.05, 0.1) is 18.3 Å². The number of rotatable bonds is 3. The molecule has 9 heavy (non-hydrogen) atoms. The first-order valence-corrected chi connectivity index (χ1v) is 3.42. The van der Waals surface area contributed by atoms with Gasteiger partial charge in [0, 0.05) is 0 Å². The van der Waals surface area contributed by atoms with Crippen molar-refractivity contribution in [3.8, 4) is 0 Å². The van der Waals surface area contributed by atoms with Crippen molar-refractivity contribution in [2.75, 3.05) is 6.61 Å². The topological polar surface area (TPSA) is 32.8 Å². The van der Waals surface area contributed by atoms with Crippen molar-refractivity contribution in [3.05, 3.63) is 0 Å². The van der Waals surface area contributed by atoms with Gasteiger partial charge < -0.3 is 9.84 Å². The van der Waals surface area contributed by atoms with Gasteiger partial charge in [-0.3, -0.25) is 0 Å². The van der Waals surface area contributed by atoms with E-state index >= 15 is 0 Å². The Morgan fingerprint density at radius 2 is 2.22 bits per heavy atom. The zero-order chi connectivity index (χ0) is 6.91. The lowest BCUT2D eigenvalue weighted by Gasteiger charge is -2.15. The van der Waals surface area contributed by atoms with E-state index in [0.29, 0.717) is 6.10 Å². The van der Waals surface area contributed by atoms with Gasteiger partial charge in [0.2, 0.25) is 0 Å². The Morgan fingerprint density at radius 1 is 1.67 bits per heavy atom. The Kier molecular flexibility index (Phi) is 1.78. The minimum atomic E-state index is -0.508. The van der Waals surface area contributed by atoms with Crippen molar-refractivity contribution in [1.82, 2.24) is 0 Å². The average molecular weight is 130 g/mol. The molecule has 1 rings (SSSR count). The molecule has 0 amide bonds. The fourth-order valence-electron chi connectivity index (χ4n) is 0.749. The van der Waals surface area contributed by atoms with E-state index in [-0.39, 0.29) is 0 Å². The van der Waals surface area contributed by atoms with Crippen LogP contribution in [0.15, 0.2) is 0 Å². The maximum Gasteiger partial charge on any atom is 0.0811 e. The Bertz CT molecular complexity index is 89.6. The smallest absolute Gasteiger partial charge is 0.0811 e. The Hall–Kier alpha value is -0.0800. The van der Waals surface area contributed by atoms with E-state index < -0.39 is 5.60 Å². The molecule has 1 N–H and O–H groups in total. The predicted octanol–water partition coefficient (Wildman–Crippen LogP) is 0.936. The van der Waals surface area contributed by atoms with E-state index in [2.05, 4.69) is 0 Å². The molecule has 54 valence electrons. The summed E-state index contributed by atoms with van der Waals surface area (Å²) in [7, 11) is 0. The third-order valence-electron chi connectivity index (χ3n) is 1.48. The Labute approximate surface area is 55.8 Å². The lowest BCUT2D eigenvalue weighted by Crippen LogP contribution is -2.18. The van der Waals surface area contributed by atoms with E-state index in [1.165, 1.54) is 0 Å². The molecule has 0 aromatic rings. The second kappa shape index (κ2) is 2.27. The summed E-state index contributed by atoms with van der Waals surface area (Å²) in [5.41, 5.74) is -0.508. The second-order valence-electron chi connectivity index (χ2n) is 3.31. The highest BCUT2D eigenvalue weighted by Crippen LogP contribution is 2.20. The molecule has 1 fully saturated rings. The van der Waals surface area contributed by atoms with E-state index in [9.17, 15) is 5.11 Å². The van der Waals surface area contributed by atoms with Crippen LogP contribution in [0.3, 0.4) is 0 Å². The molecular weight excluding hydrogens is 116 g/mol. The molecule has 0 aromatic heterocycles. The number of epoxide rings is 1. The normalized spacial score (nSPS) is 26.3. The summed E-state index contributed by atoms with van der Waals surface area (Å²) in [5, 5.41) is 9.24. The van der Waals surface area contributed by atoms with Gasteiger partial charge in [-0.05, 0) is 26.7 Å². The standard InChI is InChI=1S/C7H14O2/c1-7(2,8)4-3-6-5-9-6/h6,8H,3-5H2,1-2H3. The number of hydrogen-bond acceptors (Lipinski definition) is 2. The summed E-state index contributed by atoms with van der Waals surface area (Å²) < 4.78 is 4.99. The average Bonchev–Trinajstić information content (AvgIpc) is 2.38. The van der Waals surface area contributed by atoms with Crippen molar-refractivity contribution in [1.29, 1.82) is 0 Å². The summed E-state index contributed by atoms with van der Waals surface area (Å²) in [6.45, 7) is 4.56. The van der Waals surface area contributed by atoms with E-state index in [4.69, 9.17) is 4.74 Å². The summed E-state index contributed by atoms with van der Waals surface area (Å²) in [5.74, 6) is 0. The quantitative estimate of drug-likeness (QED) is 0.576. The molecule has 1 heterocycles. The van der Waals surface area contributed by atoms with Crippen molar-refractivity contribution < 1.29 is 9.84 Å². The van der Waals surface area contributed by atoms with Gasteiger partial charge in [0.25, 0.3) is 0 Å². The highest BCUT2D eigenvalue weighted by molar-refractivity contribution is 4.74.